The molecule has 0 radical (unpaired) electrons. The second kappa shape index (κ2) is 6.35. The van der Waals surface area contributed by atoms with Crippen LogP contribution in [0.4, 0.5) is 10.1 Å². The van der Waals surface area contributed by atoms with E-state index in [2.05, 4.69) is 24.2 Å². The van der Waals surface area contributed by atoms with Crippen LogP contribution >= 0.6 is 0 Å². The van der Waals surface area contributed by atoms with Crippen LogP contribution in [0, 0.1) is 5.82 Å². The summed E-state index contributed by atoms with van der Waals surface area (Å²) >= 11 is 0. The van der Waals surface area contributed by atoms with Crippen molar-refractivity contribution in [3.8, 4) is 0 Å². The van der Waals surface area contributed by atoms with E-state index < -0.39 is 15.7 Å². The topological polar surface area (TPSA) is 49.4 Å². The number of nitrogens with zero attached hydrogens (tertiary/aromatic N) is 1. The molecule has 0 spiro atoms. The Morgan fingerprint density at radius 3 is 2.54 bits per heavy atom. The number of benzene rings is 2. The van der Waals surface area contributed by atoms with Crippen LogP contribution in [0.15, 0.2) is 52.3 Å². The number of rotatable bonds is 2. The predicted molar refractivity (Wildman–Crippen MR) is 99.9 cm³/mol. The van der Waals surface area contributed by atoms with Crippen molar-refractivity contribution in [2.45, 2.75) is 47.6 Å². The van der Waals surface area contributed by atoms with E-state index in [1.165, 1.54) is 24.3 Å². The molecule has 0 saturated carbocycles. The Kier molecular flexibility index (Phi) is 4.28. The van der Waals surface area contributed by atoms with Gasteiger partial charge in [0.1, 0.15) is 5.82 Å². The summed E-state index contributed by atoms with van der Waals surface area (Å²) in [6, 6.07) is 11.2. The van der Waals surface area contributed by atoms with E-state index in [0.717, 1.165) is 30.6 Å². The molecule has 138 valence electrons. The Balaban J connectivity index is 1.77. The Hall–Kier alpha value is -1.92. The van der Waals surface area contributed by atoms with Crippen molar-refractivity contribution in [3.05, 3.63) is 53.8 Å². The van der Waals surface area contributed by atoms with Gasteiger partial charge < -0.3 is 10.2 Å². The van der Waals surface area contributed by atoms with E-state index in [1.54, 1.807) is 6.07 Å². The first-order chi connectivity index (χ1) is 12.4. The first-order valence-electron chi connectivity index (χ1n) is 8.99. The van der Waals surface area contributed by atoms with Gasteiger partial charge in [-0.15, -0.1) is 0 Å². The van der Waals surface area contributed by atoms with Gasteiger partial charge in [-0.25, -0.2) is 12.8 Å². The average Bonchev–Trinajstić information content (AvgIpc) is 2.76. The summed E-state index contributed by atoms with van der Waals surface area (Å²) in [7, 11) is -1.57. The van der Waals surface area contributed by atoms with Gasteiger partial charge in [-0.05, 0) is 74.3 Å². The maximum absolute atomic E-state index is 13.2. The number of nitrogens with one attached hydrogen (secondary N) is 1. The minimum atomic E-state index is -3.66. The Morgan fingerprint density at radius 1 is 1.12 bits per heavy atom. The van der Waals surface area contributed by atoms with E-state index in [4.69, 9.17) is 0 Å². The fourth-order valence-corrected chi connectivity index (χ4v) is 5.64. The van der Waals surface area contributed by atoms with Crippen LogP contribution in [-0.4, -0.2) is 34.1 Å². The van der Waals surface area contributed by atoms with Crippen molar-refractivity contribution >= 4 is 15.5 Å². The molecule has 0 aromatic heterocycles. The summed E-state index contributed by atoms with van der Waals surface area (Å²) in [5.41, 5.74) is 2.23. The molecule has 0 amide bonds. The van der Waals surface area contributed by atoms with Gasteiger partial charge in [0.05, 0.1) is 9.79 Å². The van der Waals surface area contributed by atoms with Crippen LogP contribution in [0.25, 0.3) is 0 Å². The van der Waals surface area contributed by atoms with Crippen LogP contribution in [0.1, 0.15) is 31.2 Å². The van der Waals surface area contributed by atoms with Crippen LogP contribution in [0.5, 0.6) is 0 Å². The van der Waals surface area contributed by atoms with Crippen molar-refractivity contribution in [3.63, 3.8) is 0 Å². The third-order valence-corrected chi connectivity index (χ3v) is 7.48. The van der Waals surface area contributed by atoms with E-state index in [-0.39, 0.29) is 9.79 Å². The predicted octanol–water partition coefficient (Wildman–Crippen LogP) is 3.33. The number of halogens is 1. The van der Waals surface area contributed by atoms with E-state index >= 15 is 0 Å². The molecule has 1 N–H and O–H groups in total. The average molecular weight is 374 g/mol. The highest BCUT2D eigenvalue weighted by Gasteiger charge is 2.39. The molecule has 2 aliphatic rings. The minimum Gasteiger partial charge on any atom is -0.371 e. The molecule has 1 fully saturated rings. The summed E-state index contributed by atoms with van der Waals surface area (Å²) in [4.78, 5) is 2.69. The van der Waals surface area contributed by atoms with Gasteiger partial charge in [-0.1, -0.05) is 0 Å². The molecule has 1 saturated heterocycles. The fraction of sp³-hybridized carbons (Fsp3) is 0.400. The van der Waals surface area contributed by atoms with Gasteiger partial charge in [0.15, 0.2) is 0 Å². The number of likely N-dealkylation sites (N-methyl/N-ethyl adjacent to an activating group) is 1. The van der Waals surface area contributed by atoms with Crippen LogP contribution in [0.2, 0.25) is 0 Å². The fourth-order valence-electron chi connectivity index (χ4n) is 4.34. The Morgan fingerprint density at radius 2 is 1.81 bits per heavy atom. The molecule has 2 aromatic rings. The van der Waals surface area contributed by atoms with Crippen LogP contribution in [-0.2, 0) is 9.84 Å². The van der Waals surface area contributed by atoms with E-state index in [0.29, 0.717) is 18.0 Å². The second-order valence-corrected chi connectivity index (χ2v) is 9.29. The lowest BCUT2D eigenvalue weighted by Gasteiger charge is -2.25. The smallest absolute Gasteiger partial charge is 0.206 e. The molecular weight excluding hydrogens is 351 g/mol. The zero-order valence-electron chi connectivity index (χ0n) is 14.9. The van der Waals surface area contributed by atoms with Crippen molar-refractivity contribution < 1.29 is 12.8 Å². The number of anilines is 1. The van der Waals surface area contributed by atoms with Gasteiger partial charge in [-0.2, -0.15) is 0 Å². The lowest BCUT2D eigenvalue weighted by Crippen LogP contribution is -2.31. The van der Waals surface area contributed by atoms with Crippen molar-refractivity contribution in [2.75, 3.05) is 18.5 Å². The summed E-state index contributed by atoms with van der Waals surface area (Å²) in [6.45, 7) is 3.15. The SMILES string of the molecule is CC1C[C@@H]2c3cc(S(=O)(=O)c4ccc(F)cc4)ccc3N(C)C2CCN1. The molecule has 2 unspecified atom stereocenters. The zero-order valence-corrected chi connectivity index (χ0v) is 15.8. The number of fused-ring (bicyclic) bond motifs is 3. The molecule has 2 aliphatic heterocycles. The zero-order chi connectivity index (χ0) is 18.5. The van der Waals surface area contributed by atoms with Gasteiger partial charge in [0, 0.05) is 30.7 Å². The maximum Gasteiger partial charge on any atom is 0.206 e. The summed E-state index contributed by atoms with van der Waals surface area (Å²) in [5, 5.41) is 3.52. The third-order valence-electron chi connectivity index (χ3n) is 5.72. The standard InChI is InChI=1S/C20H23FN2O2S/c1-13-11-17-18-12-16(26(24,25)15-5-3-14(21)4-6-15)7-8-19(18)23(2)20(17)9-10-22-13/h3-8,12-13,17,20,22H,9-11H2,1-2H3/t13?,17-,20?/m1/s1. The normalized spacial score (nSPS) is 25.5. The maximum atomic E-state index is 13.2. The highest BCUT2D eigenvalue weighted by molar-refractivity contribution is 7.91. The first kappa shape index (κ1) is 17.5. The lowest BCUT2D eigenvalue weighted by molar-refractivity contribution is 0.496. The van der Waals surface area contributed by atoms with Gasteiger partial charge >= 0.3 is 0 Å². The lowest BCUT2D eigenvalue weighted by atomic mass is 9.89. The molecule has 2 aromatic carbocycles. The molecular formula is C20H23FN2O2S. The molecule has 0 bridgehead atoms. The summed E-state index contributed by atoms with van der Waals surface area (Å²) < 4.78 is 39.1. The van der Waals surface area contributed by atoms with Crippen molar-refractivity contribution in [1.82, 2.24) is 5.32 Å². The van der Waals surface area contributed by atoms with Gasteiger partial charge in [0.2, 0.25) is 9.84 Å². The quantitative estimate of drug-likeness (QED) is 0.819. The van der Waals surface area contributed by atoms with Crippen LogP contribution in [0.3, 0.4) is 0 Å². The third kappa shape index (κ3) is 2.81. The highest BCUT2D eigenvalue weighted by atomic mass is 32.2. The van der Waals surface area contributed by atoms with Crippen molar-refractivity contribution in [1.29, 1.82) is 0 Å². The Bertz CT molecular complexity index is 927. The second-order valence-electron chi connectivity index (χ2n) is 7.34. The number of hydrogen-bond donors (Lipinski definition) is 1. The first-order valence-corrected chi connectivity index (χ1v) is 10.5. The largest absolute Gasteiger partial charge is 0.371 e. The van der Waals surface area contributed by atoms with E-state index in [9.17, 15) is 12.8 Å². The molecule has 6 heteroatoms. The molecule has 26 heavy (non-hydrogen) atoms. The summed E-state index contributed by atoms with van der Waals surface area (Å²) in [6.07, 6.45) is 2.03. The van der Waals surface area contributed by atoms with Gasteiger partial charge in [-0.3, -0.25) is 0 Å². The molecule has 3 atom stereocenters. The number of hydrogen-bond acceptors (Lipinski definition) is 4. The summed E-state index contributed by atoms with van der Waals surface area (Å²) in [5.74, 6) is -0.120. The van der Waals surface area contributed by atoms with Crippen LogP contribution < -0.4 is 10.2 Å². The highest BCUT2D eigenvalue weighted by Crippen LogP contribution is 2.45. The molecule has 4 nitrogen and oxygen atoms in total. The monoisotopic (exact) mass is 374 g/mol. The molecule has 0 aliphatic carbocycles. The van der Waals surface area contributed by atoms with E-state index in [1.807, 2.05) is 12.1 Å². The minimum absolute atomic E-state index is 0.123. The van der Waals surface area contributed by atoms with Gasteiger partial charge in [0.25, 0.3) is 0 Å². The molecule has 2 heterocycles. The Labute approximate surface area is 153 Å². The number of sulfone groups is 1. The van der Waals surface area contributed by atoms with Crippen molar-refractivity contribution in [2.24, 2.45) is 0 Å². The molecule has 4 rings (SSSR count).